The molecule has 5 rings (SSSR count). The Balaban J connectivity index is 1.83. The first-order chi connectivity index (χ1) is 16.9. The predicted octanol–water partition coefficient (Wildman–Crippen LogP) is 6.41. The first-order valence-corrected chi connectivity index (χ1v) is 12.3. The summed E-state index contributed by atoms with van der Waals surface area (Å²) in [7, 11) is 0. The fraction of sp³-hybridized carbons (Fsp3) is 0.367. The van der Waals surface area contributed by atoms with Gasteiger partial charge in [-0.3, -0.25) is 9.59 Å². The summed E-state index contributed by atoms with van der Waals surface area (Å²) in [4.78, 5) is 41.3. The van der Waals surface area contributed by atoms with Gasteiger partial charge in [0.05, 0.1) is 5.56 Å². The molecule has 2 aliphatic carbocycles. The molecule has 0 saturated carbocycles. The summed E-state index contributed by atoms with van der Waals surface area (Å²) in [5.74, 6) is -2.04. The van der Waals surface area contributed by atoms with Gasteiger partial charge in [0, 0.05) is 47.0 Å². The quantitative estimate of drug-likeness (QED) is 0.541. The molecule has 0 unspecified atom stereocenters. The van der Waals surface area contributed by atoms with Crippen LogP contribution in [-0.2, 0) is 9.59 Å². The Kier molecular flexibility index (Phi) is 5.54. The van der Waals surface area contributed by atoms with Crippen LogP contribution in [0.2, 0.25) is 0 Å². The molecule has 0 saturated heterocycles. The summed E-state index contributed by atoms with van der Waals surface area (Å²) in [5, 5.41) is 9.65. The molecule has 0 atom stereocenters. The van der Waals surface area contributed by atoms with Crippen LogP contribution in [0.1, 0.15) is 75.2 Å². The molecule has 1 N–H and O–H groups in total. The lowest BCUT2D eigenvalue weighted by molar-refractivity contribution is -0.119. The molecule has 1 aliphatic heterocycles. The van der Waals surface area contributed by atoms with E-state index >= 15 is 0 Å². The molecule has 5 nitrogen and oxygen atoms in total. The monoisotopic (exact) mass is 487 g/mol. The number of allylic oxidation sites excluding steroid dienone is 4. The summed E-state index contributed by atoms with van der Waals surface area (Å²) in [6.45, 7) is 8.20. The van der Waals surface area contributed by atoms with Gasteiger partial charge in [-0.2, -0.15) is 0 Å². The largest absolute Gasteiger partial charge is 0.478 e. The fourth-order valence-electron chi connectivity index (χ4n) is 6.04. The molecular weight excluding hydrogens is 457 g/mol. The standard InChI is InChI=1S/C30H30FNO4/c1-29(2)13-21-26(23(33)15-29)25(17-8-10-19(31)11-9-17)27-22(14-30(3,4)16-24(27)34)32(21)20-7-5-6-18(12-20)28(35)36/h5-12,25H,13-16H2,1-4H3,(H,35,36). The van der Waals surface area contributed by atoms with Crippen LogP contribution in [0.5, 0.6) is 0 Å². The number of hydrogen-bond acceptors (Lipinski definition) is 4. The van der Waals surface area contributed by atoms with E-state index in [9.17, 15) is 23.9 Å². The number of ketones is 2. The number of nitrogens with zero attached hydrogens (tertiary/aromatic N) is 1. The van der Waals surface area contributed by atoms with E-state index in [4.69, 9.17) is 0 Å². The second-order valence-electron chi connectivity index (χ2n) is 11.8. The number of carboxylic acid groups (broad SMARTS) is 1. The highest BCUT2D eigenvalue weighted by molar-refractivity contribution is 6.08. The van der Waals surface area contributed by atoms with Crippen molar-refractivity contribution in [3.63, 3.8) is 0 Å². The van der Waals surface area contributed by atoms with Gasteiger partial charge in [0.2, 0.25) is 0 Å². The molecule has 6 heteroatoms. The minimum absolute atomic E-state index is 0.0286. The summed E-state index contributed by atoms with van der Waals surface area (Å²) in [6.07, 6.45) is 1.87. The molecule has 0 radical (unpaired) electrons. The lowest BCUT2D eigenvalue weighted by Gasteiger charge is -2.49. The number of halogens is 1. The SMILES string of the molecule is CC1(C)CC(=O)C2=C(C1)N(c1cccc(C(=O)O)c1)C1=C(C(=O)CC(C)(C)C1)C2c1ccc(F)cc1. The van der Waals surface area contributed by atoms with Crippen molar-refractivity contribution in [1.82, 2.24) is 0 Å². The Labute approximate surface area is 210 Å². The van der Waals surface area contributed by atoms with E-state index in [2.05, 4.69) is 0 Å². The third-order valence-corrected chi connectivity index (χ3v) is 7.46. The van der Waals surface area contributed by atoms with Crippen molar-refractivity contribution in [2.24, 2.45) is 10.8 Å². The molecule has 0 aromatic heterocycles. The highest BCUT2D eigenvalue weighted by Crippen LogP contribution is 2.55. The van der Waals surface area contributed by atoms with E-state index in [1.807, 2.05) is 38.7 Å². The van der Waals surface area contributed by atoms with E-state index in [1.165, 1.54) is 18.2 Å². The van der Waals surface area contributed by atoms with Crippen LogP contribution in [-0.4, -0.2) is 22.6 Å². The van der Waals surface area contributed by atoms with Crippen molar-refractivity contribution in [3.8, 4) is 0 Å². The zero-order valence-electron chi connectivity index (χ0n) is 21.0. The number of anilines is 1. The van der Waals surface area contributed by atoms with Gasteiger partial charge in [-0.15, -0.1) is 0 Å². The number of Topliss-reactive ketones (excluding diaryl/α,β-unsaturated/α-hetero) is 2. The van der Waals surface area contributed by atoms with Gasteiger partial charge < -0.3 is 10.0 Å². The van der Waals surface area contributed by atoms with Crippen LogP contribution in [0, 0.1) is 16.6 Å². The first kappa shape index (κ1) is 24.2. The maximum absolute atomic E-state index is 13.8. The maximum Gasteiger partial charge on any atom is 0.335 e. The average molecular weight is 488 g/mol. The van der Waals surface area contributed by atoms with Gasteiger partial charge >= 0.3 is 5.97 Å². The minimum Gasteiger partial charge on any atom is -0.478 e. The van der Waals surface area contributed by atoms with Crippen LogP contribution in [0.4, 0.5) is 10.1 Å². The number of carbonyl (C=O) groups is 3. The minimum atomic E-state index is -1.04. The number of carbonyl (C=O) groups excluding carboxylic acids is 2. The van der Waals surface area contributed by atoms with Crippen molar-refractivity contribution in [3.05, 3.63) is 88.0 Å². The Morgan fingerprint density at radius 2 is 1.39 bits per heavy atom. The topological polar surface area (TPSA) is 74.7 Å². The zero-order valence-corrected chi connectivity index (χ0v) is 21.0. The number of benzene rings is 2. The van der Waals surface area contributed by atoms with E-state index in [0.717, 1.165) is 17.0 Å². The average Bonchev–Trinajstić information content (AvgIpc) is 2.77. The van der Waals surface area contributed by atoms with Crippen LogP contribution in [0.15, 0.2) is 71.1 Å². The van der Waals surface area contributed by atoms with Crippen molar-refractivity contribution in [2.75, 3.05) is 4.90 Å². The van der Waals surface area contributed by atoms with E-state index < -0.39 is 11.9 Å². The molecule has 0 fully saturated rings. The smallest absolute Gasteiger partial charge is 0.335 e. The third-order valence-electron chi connectivity index (χ3n) is 7.46. The number of rotatable bonds is 3. The van der Waals surface area contributed by atoms with Gasteiger partial charge in [-0.1, -0.05) is 45.9 Å². The maximum atomic E-state index is 13.8. The second-order valence-corrected chi connectivity index (χ2v) is 11.8. The normalized spacial score (nSPS) is 21.4. The van der Waals surface area contributed by atoms with Gasteiger partial charge in [-0.25, -0.2) is 9.18 Å². The second kappa shape index (κ2) is 8.26. The molecule has 186 valence electrons. The Morgan fingerprint density at radius 1 is 0.861 bits per heavy atom. The van der Waals surface area contributed by atoms with E-state index in [0.29, 0.717) is 42.5 Å². The lowest BCUT2D eigenvalue weighted by Crippen LogP contribution is -2.44. The van der Waals surface area contributed by atoms with Crippen molar-refractivity contribution < 1.29 is 23.9 Å². The number of hydrogen-bond donors (Lipinski definition) is 1. The van der Waals surface area contributed by atoms with Crippen LogP contribution < -0.4 is 4.90 Å². The molecule has 1 heterocycles. The van der Waals surface area contributed by atoms with Crippen LogP contribution in [0.3, 0.4) is 0 Å². The van der Waals surface area contributed by atoms with Crippen molar-refractivity contribution in [2.45, 2.75) is 59.3 Å². The third kappa shape index (κ3) is 4.08. The van der Waals surface area contributed by atoms with Crippen molar-refractivity contribution >= 4 is 23.2 Å². The molecule has 2 aromatic carbocycles. The first-order valence-electron chi connectivity index (χ1n) is 12.3. The molecule has 2 aromatic rings. The summed E-state index contributed by atoms with van der Waals surface area (Å²) < 4.78 is 13.8. The number of aromatic carboxylic acids is 1. The van der Waals surface area contributed by atoms with Gasteiger partial charge in [-0.05, 0) is 59.6 Å². The fourth-order valence-corrected chi connectivity index (χ4v) is 6.04. The molecule has 0 spiro atoms. The zero-order chi connectivity index (χ0) is 26.0. The molecule has 0 amide bonds. The van der Waals surface area contributed by atoms with Crippen LogP contribution in [0.25, 0.3) is 0 Å². The molecule has 0 bridgehead atoms. The molecule has 36 heavy (non-hydrogen) atoms. The molecular formula is C30H30FNO4. The van der Waals surface area contributed by atoms with Gasteiger partial charge in [0.1, 0.15) is 5.82 Å². The Hall–Kier alpha value is -3.54. The van der Waals surface area contributed by atoms with Gasteiger partial charge in [0.15, 0.2) is 11.6 Å². The van der Waals surface area contributed by atoms with E-state index in [-0.39, 0.29) is 33.8 Å². The Bertz CT molecular complexity index is 1310. The summed E-state index contributed by atoms with van der Waals surface area (Å²) in [5.41, 5.74) is 3.60. The Morgan fingerprint density at radius 3 is 1.89 bits per heavy atom. The van der Waals surface area contributed by atoms with E-state index in [1.54, 1.807) is 24.3 Å². The number of carboxylic acids is 1. The lowest BCUT2D eigenvalue weighted by atomic mass is 9.63. The molecule has 3 aliphatic rings. The van der Waals surface area contributed by atoms with Crippen molar-refractivity contribution in [1.29, 1.82) is 0 Å². The predicted molar refractivity (Wildman–Crippen MR) is 135 cm³/mol. The highest BCUT2D eigenvalue weighted by atomic mass is 19.1. The summed E-state index contributed by atoms with van der Waals surface area (Å²) in [6, 6.07) is 12.7. The summed E-state index contributed by atoms with van der Waals surface area (Å²) >= 11 is 0. The van der Waals surface area contributed by atoms with Crippen LogP contribution >= 0.6 is 0 Å². The van der Waals surface area contributed by atoms with Gasteiger partial charge in [0.25, 0.3) is 0 Å². The highest BCUT2D eigenvalue weighted by Gasteiger charge is 2.49.